The zero-order chi connectivity index (χ0) is 18.4. The van der Waals surface area contributed by atoms with Crippen molar-refractivity contribution in [3.63, 3.8) is 0 Å². The van der Waals surface area contributed by atoms with Crippen LogP contribution in [0.15, 0.2) is 36.0 Å². The minimum atomic E-state index is -0.273. The Hall–Kier alpha value is -2.74. The van der Waals surface area contributed by atoms with Gasteiger partial charge in [-0.15, -0.1) is 11.3 Å². The first kappa shape index (κ1) is 16.4. The van der Waals surface area contributed by atoms with Crippen molar-refractivity contribution in [1.82, 2.24) is 15.2 Å². The smallest absolute Gasteiger partial charge is 0.304 e. The van der Waals surface area contributed by atoms with Crippen molar-refractivity contribution in [2.45, 2.75) is 31.1 Å². The molecule has 1 aliphatic heterocycles. The molecule has 138 valence electrons. The van der Waals surface area contributed by atoms with E-state index in [1.807, 2.05) is 11.4 Å². The molecule has 1 aromatic carbocycles. The van der Waals surface area contributed by atoms with Gasteiger partial charge in [0.05, 0.1) is 17.6 Å². The third-order valence-corrected chi connectivity index (χ3v) is 6.40. The van der Waals surface area contributed by atoms with Gasteiger partial charge in [-0.1, -0.05) is 18.9 Å². The Morgan fingerprint density at radius 2 is 2.19 bits per heavy atom. The number of nitrogens with one attached hydrogen (secondary N) is 2. The lowest BCUT2D eigenvalue weighted by molar-refractivity contribution is 0.256. The number of rotatable bonds is 2. The minimum Gasteiger partial charge on any atom is -0.304 e. The molecule has 0 atom stereocenters. The molecule has 8 heteroatoms. The van der Waals surface area contributed by atoms with E-state index in [4.69, 9.17) is 0 Å². The molecule has 1 saturated carbocycles. The number of amides is 2. The van der Waals surface area contributed by atoms with Gasteiger partial charge in [-0.25, -0.2) is 14.2 Å². The largest absolute Gasteiger partial charge is 0.326 e. The highest BCUT2D eigenvalue weighted by Crippen LogP contribution is 2.51. The second-order valence-corrected chi connectivity index (χ2v) is 8.03. The average molecular weight is 383 g/mol. The summed E-state index contributed by atoms with van der Waals surface area (Å²) in [4.78, 5) is 19.0. The van der Waals surface area contributed by atoms with Crippen LogP contribution in [-0.4, -0.2) is 27.8 Å². The van der Waals surface area contributed by atoms with Crippen LogP contribution in [0.2, 0.25) is 0 Å². The number of urea groups is 1. The number of benzene rings is 1. The normalized spacial score (nSPS) is 17.4. The van der Waals surface area contributed by atoms with E-state index in [0.29, 0.717) is 29.2 Å². The summed E-state index contributed by atoms with van der Waals surface area (Å²) in [5, 5.41) is 12.5. The van der Waals surface area contributed by atoms with Crippen molar-refractivity contribution in [1.29, 1.82) is 0 Å². The molecule has 0 saturated heterocycles. The predicted molar refractivity (Wildman–Crippen MR) is 103 cm³/mol. The molecule has 6 nitrogen and oxygen atoms in total. The summed E-state index contributed by atoms with van der Waals surface area (Å²) in [7, 11) is 0. The number of hydrogen-bond acceptors (Lipinski definition) is 4. The Morgan fingerprint density at radius 3 is 2.96 bits per heavy atom. The SMILES string of the molecule is O=C(Nc1cn[nH]c1-c1nccs1)N1CC2(CCCC2)c2c(F)cccc21. The van der Waals surface area contributed by atoms with Gasteiger partial charge in [-0.05, 0) is 25.0 Å². The Bertz CT molecular complexity index is 993. The lowest BCUT2D eigenvalue weighted by atomic mass is 9.80. The number of hydrogen-bond donors (Lipinski definition) is 2. The van der Waals surface area contributed by atoms with Gasteiger partial charge in [-0.3, -0.25) is 10.00 Å². The number of carbonyl (C=O) groups excluding carboxylic acids is 1. The van der Waals surface area contributed by atoms with Crippen molar-refractivity contribution in [3.05, 3.63) is 47.4 Å². The summed E-state index contributed by atoms with van der Waals surface area (Å²) >= 11 is 1.46. The van der Waals surface area contributed by atoms with Crippen molar-refractivity contribution < 1.29 is 9.18 Å². The zero-order valence-electron chi connectivity index (χ0n) is 14.5. The van der Waals surface area contributed by atoms with Crippen LogP contribution in [0.3, 0.4) is 0 Å². The van der Waals surface area contributed by atoms with Crippen molar-refractivity contribution in [2.75, 3.05) is 16.8 Å². The summed E-state index contributed by atoms with van der Waals surface area (Å²) in [6.07, 6.45) is 7.25. The van der Waals surface area contributed by atoms with Crippen LogP contribution in [0, 0.1) is 5.82 Å². The maximum absolute atomic E-state index is 14.7. The fourth-order valence-electron chi connectivity index (χ4n) is 4.44. The van der Waals surface area contributed by atoms with Gasteiger partial charge in [0.15, 0.2) is 0 Å². The summed E-state index contributed by atoms with van der Waals surface area (Å²) in [6.45, 7) is 0.513. The van der Waals surface area contributed by atoms with E-state index in [1.54, 1.807) is 23.4 Å². The second-order valence-electron chi connectivity index (χ2n) is 7.13. The molecule has 2 N–H and O–H groups in total. The predicted octanol–water partition coefficient (Wildman–Crippen LogP) is 4.54. The van der Waals surface area contributed by atoms with E-state index in [0.717, 1.165) is 30.7 Å². The highest BCUT2D eigenvalue weighted by Gasteiger charge is 2.48. The number of fused-ring (bicyclic) bond motifs is 2. The number of carbonyl (C=O) groups is 1. The summed E-state index contributed by atoms with van der Waals surface area (Å²) in [5.41, 5.74) is 2.36. The van der Waals surface area contributed by atoms with E-state index in [2.05, 4.69) is 20.5 Å². The summed E-state index contributed by atoms with van der Waals surface area (Å²) in [6, 6.07) is 4.73. The Balaban J connectivity index is 1.47. The topological polar surface area (TPSA) is 73.9 Å². The third kappa shape index (κ3) is 2.55. The molecular weight excluding hydrogens is 365 g/mol. The van der Waals surface area contributed by atoms with Gasteiger partial charge < -0.3 is 5.32 Å². The number of H-pyrrole nitrogens is 1. The van der Waals surface area contributed by atoms with Crippen LogP contribution in [0.25, 0.3) is 10.7 Å². The number of anilines is 2. The maximum Gasteiger partial charge on any atom is 0.326 e. The first-order valence-electron chi connectivity index (χ1n) is 8.99. The maximum atomic E-state index is 14.7. The fourth-order valence-corrected chi connectivity index (χ4v) is 5.09. The van der Waals surface area contributed by atoms with E-state index in [9.17, 15) is 9.18 Å². The van der Waals surface area contributed by atoms with Crippen LogP contribution in [0.1, 0.15) is 31.2 Å². The third-order valence-electron chi connectivity index (χ3n) is 5.61. The fraction of sp³-hybridized carbons (Fsp3) is 0.316. The molecule has 1 spiro atoms. The number of aromatic amines is 1. The van der Waals surface area contributed by atoms with Gasteiger partial charge >= 0.3 is 6.03 Å². The molecule has 1 fully saturated rings. The van der Waals surface area contributed by atoms with Crippen molar-refractivity contribution in [3.8, 4) is 10.7 Å². The lowest BCUT2D eigenvalue weighted by Gasteiger charge is -2.25. The van der Waals surface area contributed by atoms with Crippen LogP contribution >= 0.6 is 11.3 Å². The summed E-state index contributed by atoms with van der Waals surface area (Å²) in [5.74, 6) is -0.212. The van der Waals surface area contributed by atoms with E-state index >= 15 is 0 Å². The van der Waals surface area contributed by atoms with Crippen molar-refractivity contribution in [2.24, 2.45) is 0 Å². The van der Waals surface area contributed by atoms with Gasteiger partial charge in [0.1, 0.15) is 16.5 Å². The average Bonchev–Trinajstić information content (AvgIpc) is 3.43. The first-order valence-corrected chi connectivity index (χ1v) is 9.87. The number of nitrogens with zero attached hydrogens (tertiary/aromatic N) is 3. The standard InChI is InChI=1S/C19H18FN5OS/c20-12-4-3-5-14-15(12)19(6-1-2-7-19)11-25(14)18(26)23-13-10-22-24-16(13)17-21-8-9-27-17/h3-5,8-10H,1-2,6-7,11H2,(H,22,24)(H,23,26). The van der Waals surface area contributed by atoms with Crippen LogP contribution in [-0.2, 0) is 5.41 Å². The van der Waals surface area contributed by atoms with E-state index < -0.39 is 0 Å². The molecule has 3 aromatic rings. The Morgan fingerprint density at radius 1 is 1.33 bits per heavy atom. The lowest BCUT2D eigenvalue weighted by Crippen LogP contribution is -2.38. The highest BCUT2D eigenvalue weighted by atomic mass is 32.1. The molecule has 0 bridgehead atoms. The van der Waals surface area contributed by atoms with Gasteiger partial charge in [-0.2, -0.15) is 5.10 Å². The Kier molecular flexibility index (Phi) is 3.75. The van der Waals surface area contributed by atoms with Gasteiger partial charge in [0.25, 0.3) is 0 Å². The van der Waals surface area contributed by atoms with Crippen LogP contribution in [0.5, 0.6) is 0 Å². The number of aromatic nitrogens is 3. The minimum absolute atomic E-state index is 0.212. The molecule has 5 rings (SSSR count). The molecular formula is C19H18FN5OS. The number of halogens is 1. The molecule has 27 heavy (non-hydrogen) atoms. The summed E-state index contributed by atoms with van der Waals surface area (Å²) < 4.78 is 14.7. The molecule has 2 aliphatic rings. The molecule has 2 amide bonds. The number of thiazole rings is 1. The molecule has 2 aromatic heterocycles. The molecule has 1 aliphatic carbocycles. The highest BCUT2D eigenvalue weighted by molar-refractivity contribution is 7.13. The van der Waals surface area contributed by atoms with Gasteiger partial charge in [0.2, 0.25) is 0 Å². The second kappa shape index (κ2) is 6.16. The molecule has 0 radical (unpaired) electrons. The Labute approximate surface area is 159 Å². The van der Waals surface area contributed by atoms with Gasteiger partial charge in [0, 0.05) is 29.1 Å². The van der Waals surface area contributed by atoms with Crippen LogP contribution in [0.4, 0.5) is 20.6 Å². The monoisotopic (exact) mass is 383 g/mol. The first-order chi connectivity index (χ1) is 13.2. The zero-order valence-corrected chi connectivity index (χ0v) is 15.4. The van der Waals surface area contributed by atoms with E-state index in [1.165, 1.54) is 17.4 Å². The van der Waals surface area contributed by atoms with E-state index in [-0.39, 0.29) is 17.3 Å². The van der Waals surface area contributed by atoms with Crippen molar-refractivity contribution >= 4 is 28.7 Å². The molecule has 0 unspecified atom stereocenters. The quantitative estimate of drug-likeness (QED) is 0.682. The molecule has 3 heterocycles. The van der Waals surface area contributed by atoms with Crippen LogP contribution < -0.4 is 10.2 Å².